The standard InChI is InChI=1S/C15H20ClN3/c16-11-8-12(17)15-13(9-11)18-14(19-15)7-10-5-3-1-2-4-6-10/h8-10H,1-7,17H2,(H,18,19). The van der Waals surface area contributed by atoms with Crippen molar-refractivity contribution in [1.29, 1.82) is 0 Å². The summed E-state index contributed by atoms with van der Waals surface area (Å²) in [7, 11) is 0. The quantitative estimate of drug-likeness (QED) is 0.635. The minimum atomic E-state index is 0.658. The van der Waals surface area contributed by atoms with Crippen LogP contribution in [0.2, 0.25) is 5.02 Å². The highest BCUT2D eigenvalue weighted by atomic mass is 35.5. The highest BCUT2D eigenvalue weighted by Gasteiger charge is 2.15. The van der Waals surface area contributed by atoms with Crippen molar-refractivity contribution in [3.05, 3.63) is 23.0 Å². The van der Waals surface area contributed by atoms with Gasteiger partial charge >= 0.3 is 0 Å². The van der Waals surface area contributed by atoms with Gasteiger partial charge < -0.3 is 10.7 Å². The van der Waals surface area contributed by atoms with Crippen LogP contribution in [0.5, 0.6) is 0 Å². The molecule has 3 rings (SSSR count). The van der Waals surface area contributed by atoms with Gasteiger partial charge in [-0.2, -0.15) is 0 Å². The van der Waals surface area contributed by atoms with Gasteiger partial charge in [0.1, 0.15) is 11.3 Å². The molecule has 1 aromatic carbocycles. The van der Waals surface area contributed by atoms with Gasteiger partial charge in [-0.15, -0.1) is 0 Å². The Morgan fingerprint density at radius 2 is 1.95 bits per heavy atom. The van der Waals surface area contributed by atoms with Gasteiger partial charge in [-0.25, -0.2) is 4.98 Å². The largest absolute Gasteiger partial charge is 0.397 e. The van der Waals surface area contributed by atoms with Crippen molar-refractivity contribution in [2.45, 2.75) is 44.9 Å². The van der Waals surface area contributed by atoms with Crippen LogP contribution in [0, 0.1) is 5.92 Å². The van der Waals surface area contributed by atoms with Gasteiger partial charge in [-0.3, -0.25) is 0 Å². The summed E-state index contributed by atoms with van der Waals surface area (Å²) in [6, 6.07) is 3.66. The highest BCUT2D eigenvalue weighted by molar-refractivity contribution is 6.31. The third-order valence-corrected chi connectivity index (χ3v) is 4.30. The Kier molecular flexibility index (Phi) is 3.65. The Morgan fingerprint density at radius 1 is 1.21 bits per heavy atom. The van der Waals surface area contributed by atoms with Gasteiger partial charge in [0.15, 0.2) is 0 Å². The maximum atomic E-state index is 6.02. The minimum absolute atomic E-state index is 0.658. The fourth-order valence-corrected chi connectivity index (χ4v) is 3.32. The number of nitrogens with zero attached hydrogens (tertiary/aromatic N) is 1. The number of anilines is 1. The molecule has 1 aliphatic rings. The number of nitrogens with one attached hydrogen (secondary N) is 1. The van der Waals surface area contributed by atoms with E-state index in [1.807, 2.05) is 6.07 Å². The molecule has 1 heterocycles. The summed E-state index contributed by atoms with van der Waals surface area (Å²) in [5, 5.41) is 0.662. The van der Waals surface area contributed by atoms with Crippen molar-refractivity contribution < 1.29 is 0 Å². The molecule has 3 nitrogen and oxygen atoms in total. The molecule has 2 aromatic rings. The molecule has 4 heteroatoms. The van der Waals surface area contributed by atoms with Crippen LogP contribution in [-0.2, 0) is 6.42 Å². The number of halogens is 1. The fourth-order valence-electron chi connectivity index (χ4n) is 3.10. The molecule has 1 fully saturated rings. The third kappa shape index (κ3) is 2.86. The normalized spacial score (nSPS) is 17.7. The van der Waals surface area contributed by atoms with E-state index >= 15 is 0 Å². The Balaban J connectivity index is 1.83. The van der Waals surface area contributed by atoms with Crippen LogP contribution in [0.3, 0.4) is 0 Å². The van der Waals surface area contributed by atoms with Gasteiger partial charge in [0.2, 0.25) is 0 Å². The van der Waals surface area contributed by atoms with Crippen LogP contribution in [0.4, 0.5) is 5.69 Å². The number of aromatic amines is 1. The number of nitrogen functional groups attached to an aromatic ring is 1. The molecule has 0 unspecified atom stereocenters. The topological polar surface area (TPSA) is 54.7 Å². The smallest absolute Gasteiger partial charge is 0.112 e. The number of rotatable bonds is 2. The van der Waals surface area contributed by atoms with E-state index in [9.17, 15) is 0 Å². The first-order valence-electron chi connectivity index (χ1n) is 7.16. The number of H-pyrrole nitrogens is 1. The maximum Gasteiger partial charge on any atom is 0.112 e. The number of imidazole rings is 1. The van der Waals surface area contributed by atoms with Gasteiger partial charge in [-0.1, -0.05) is 50.1 Å². The Hall–Kier alpha value is -1.22. The van der Waals surface area contributed by atoms with E-state index in [0.29, 0.717) is 10.7 Å². The first-order chi connectivity index (χ1) is 9.22. The van der Waals surface area contributed by atoms with Gasteiger partial charge in [0, 0.05) is 11.4 Å². The molecule has 0 radical (unpaired) electrons. The summed E-state index contributed by atoms with van der Waals surface area (Å²) in [6.07, 6.45) is 9.18. The summed E-state index contributed by atoms with van der Waals surface area (Å²) in [5.74, 6) is 1.82. The van der Waals surface area contributed by atoms with E-state index in [0.717, 1.165) is 29.2 Å². The molecule has 0 amide bonds. The Bertz CT molecular complexity index is 568. The zero-order chi connectivity index (χ0) is 13.2. The lowest BCUT2D eigenvalue weighted by Crippen LogP contribution is -2.04. The second-order valence-corrected chi connectivity index (χ2v) is 6.07. The first kappa shape index (κ1) is 12.8. The zero-order valence-corrected chi connectivity index (χ0v) is 11.8. The molecular weight excluding hydrogens is 258 g/mol. The predicted octanol–water partition coefficient (Wildman–Crippen LogP) is 4.31. The van der Waals surface area contributed by atoms with Gasteiger partial charge in [-0.05, 0) is 18.1 Å². The summed E-state index contributed by atoms with van der Waals surface area (Å²) < 4.78 is 0. The second-order valence-electron chi connectivity index (χ2n) is 5.64. The van der Waals surface area contributed by atoms with Gasteiger partial charge in [0.05, 0.1) is 11.2 Å². The maximum absolute atomic E-state index is 6.02. The average molecular weight is 278 g/mol. The lowest BCUT2D eigenvalue weighted by atomic mass is 9.96. The first-order valence-corrected chi connectivity index (χ1v) is 7.54. The molecule has 0 bridgehead atoms. The number of nitrogens with two attached hydrogens (primary N) is 1. The summed E-state index contributed by atoms with van der Waals surface area (Å²) in [4.78, 5) is 8.01. The minimum Gasteiger partial charge on any atom is -0.397 e. The van der Waals surface area contributed by atoms with Crippen molar-refractivity contribution in [3.8, 4) is 0 Å². The lowest BCUT2D eigenvalue weighted by molar-refractivity contribution is 0.450. The molecule has 19 heavy (non-hydrogen) atoms. The molecule has 3 N–H and O–H groups in total. The summed E-state index contributed by atoms with van der Waals surface area (Å²) in [5.41, 5.74) is 8.43. The number of hydrogen-bond acceptors (Lipinski definition) is 2. The monoisotopic (exact) mass is 277 g/mol. The number of aromatic nitrogens is 2. The van der Waals surface area contributed by atoms with Crippen molar-refractivity contribution >= 4 is 28.3 Å². The summed E-state index contributed by atoms with van der Waals surface area (Å²) in [6.45, 7) is 0. The van der Waals surface area contributed by atoms with Crippen LogP contribution in [0.1, 0.15) is 44.3 Å². The van der Waals surface area contributed by atoms with Crippen molar-refractivity contribution in [3.63, 3.8) is 0 Å². The predicted molar refractivity (Wildman–Crippen MR) is 80.4 cm³/mol. The molecule has 102 valence electrons. The molecule has 0 atom stereocenters. The summed E-state index contributed by atoms with van der Waals surface area (Å²) >= 11 is 6.02. The second kappa shape index (κ2) is 5.41. The average Bonchev–Trinajstić information content (AvgIpc) is 2.58. The number of fused-ring (bicyclic) bond motifs is 1. The van der Waals surface area contributed by atoms with Crippen LogP contribution >= 0.6 is 11.6 Å². The molecule has 1 saturated carbocycles. The molecule has 0 spiro atoms. The zero-order valence-electron chi connectivity index (χ0n) is 11.1. The van der Waals surface area contributed by atoms with Crippen molar-refractivity contribution in [2.24, 2.45) is 5.92 Å². The Labute approximate surface area is 118 Å². The number of benzene rings is 1. The molecule has 0 aliphatic heterocycles. The van der Waals surface area contributed by atoms with Gasteiger partial charge in [0.25, 0.3) is 0 Å². The molecule has 1 aliphatic carbocycles. The fraction of sp³-hybridized carbons (Fsp3) is 0.533. The van der Waals surface area contributed by atoms with E-state index in [1.165, 1.54) is 38.5 Å². The van der Waals surface area contributed by atoms with Crippen LogP contribution in [0.25, 0.3) is 11.0 Å². The van der Waals surface area contributed by atoms with Crippen LogP contribution in [-0.4, -0.2) is 9.97 Å². The third-order valence-electron chi connectivity index (χ3n) is 4.09. The highest BCUT2D eigenvalue weighted by Crippen LogP contribution is 2.28. The molecule has 0 saturated heterocycles. The van der Waals surface area contributed by atoms with E-state index < -0.39 is 0 Å². The number of hydrogen-bond donors (Lipinski definition) is 2. The lowest BCUT2D eigenvalue weighted by Gasteiger charge is -2.11. The molecular formula is C15H20ClN3. The van der Waals surface area contributed by atoms with E-state index in [-0.39, 0.29) is 0 Å². The van der Waals surface area contributed by atoms with E-state index in [4.69, 9.17) is 17.3 Å². The SMILES string of the molecule is Nc1cc(Cl)cc2[nH]c(CC3CCCCCC3)nc12. The van der Waals surface area contributed by atoms with Crippen molar-refractivity contribution in [1.82, 2.24) is 9.97 Å². The van der Waals surface area contributed by atoms with E-state index in [1.54, 1.807) is 6.07 Å². The van der Waals surface area contributed by atoms with Crippen molar-refractivity contribution in [2.75, 3.05) is 5.73 Å². The Morgan fingerprint density at radius 3 is 2.68 bits per heavy atom. The van der Waals surface area contributed by atoms with Crippen LogP contribution in [0.15, 0.2) is 12.1 Å². The van der Waals surface area contributed by atoms with Crippen LogP contribution < -0.4 is 5.73 Å². The molecule has 1 aromatic heterocycles. The van der Waals surface area contributed by atoms with E-state index in [2.05, 4.69) is 9.97 Å².